The van der Waals surface area contributed by atoms with Gasteiger partial charge in [0.2, 0.25) is 6.08 Å². The van der Waals surface area contributed by atoms with Crippen molar-refractivity contribution in [3.63, 3.8) is 0 Å². The number of esters is 1. The fraction of sp³-hybridized carbons (Fsp3) is 0.333. The maximum Gasteiger partial charge on any atom is 0.338 e. The summed E-state index contributed by atoms with van der Waals surface area (Å²) in [5.41, 5.74) is 3.17. The normalized spacial score (nSPS) is 9.44. The third-order valence-corrected chi connectivity index (χ3v) is 2.40. The zero-order chi connectivity index (χ0) is 12.1. The first-order valence-electron chi connectivity index (χ1n) is 4.82. The number of benzene rings is 1. The zero-order valence-electron chi connectivity index (χ0n) is 9.53. The van der Waals surface area contributed by atoms with Crippen LogP contribution in [0.25, 0.3) is 0 Å². The predicted molar refractivity (Wildman–Crippen MR) is 59.1 cm³/mol. The molecule has 0 aliphatic carbocycles. The maximum absolute atomic E-state index is 11.4. The lowest BCUT2D eigenvalue weighted by molar-refractivity contribution is 0.0600. The van der Waals surface area contributed by atoms with Crippen molar-refractivity contribution in [2.45, 2.75) is 20.4 Å². The molecule has 0 aliphatic heterocycles. The third-order valence-electron chi connectivity index (χ3n) is 2.40. The number of isocyanates is 1. The molecule has 0 aliphatic rings. The lowest BCUT2D eigenvalue weighted by Crippen LogP contribution is -2.05. The topological polar surface area (TPSA) is 55.7 Å². The summed E-state index contributed by atoms with van der Waals surface area (Å²) in [6.45, 7) is 3.98. The lowest BCUT2D eigenvalue weighted by Gasteiger charge is -2.08. The van der Waals surface area contributed by atoms with Crippen molar-refractivity contribution >= 4 is 12.0 Å². The van der Waals surface area contributed by atoms with Crippen LogP contribution >= 0.6 is 0 Å². The number of carbonyl (C=O) groups is 1. The fourth-order valence-electron chi connectivity index (χ4n) is 1.51. The van der Waals surface area contributed by atoms with E-state index in [1.54, 1.807) is 6.07 Å². The first kappa shape index (κ1) is 12.1. The summed E-state index contributed by atoms with van der Waals surface area (Å²) in [7, 11) is 1.34. The van der Waals surface area contributed by atoms with Gasteiger partial charge < -0.3 is 4.74 Å². The van der Waals surface area contributed by atoms with Crippen molar-refractivity contribution in [1.29, 1.82) is 0 Å². The molecular formula is C12H13NO3. The zero-order valence-corrected chi connectivity index (χ0v) is 9.53. The van der Waals surface area contributed by atoms with E-state index in [1.165, 1.54) is 13.2 Å². The van der Waals surface area contributed by atoms with Crippen molar-refractivity contribution < 1.29 is 14.3 Å². The van der Waals surface area contributed by atoms with E-state index in [2.05, 4.69) is 9.73 Å². The second-order valence-corrected chi connectivity index (χ2v) is 3.49. The van der Waals surface area contributed by atoms with Gasteiger partial charge in [-0.25, -0.2) is 14.6 Å². The average molecular weight is 219 g/mol. The van der Waals surface area contributed by atoms with Crippen molar-refractivity contribution in [2.24, 2.45) is 4.99 Å². The number of nitrogens with zero attached hydrogens (tertiary/aromatic N) is 1. The van der Waals surface area contributed by atoms with E-state index in [4.69, 9.17) is 0 Å². The molecule has 84 valence electrons. The number of aliphatic imine (C=N–C) groups is 1. The highest BCUT2D eigenvalue weighted by Gasteiger charge is 2.11. The average Bonchev–Trinajstić information content (AvgIpc) is 2.27. The Hall–Kier alpha value is -1.93. The van der Waals surface area contributed by atoms with E-state index >= 15 is 0 Å². The minimum Gasteiger partial charge on any atom is -0.465 e. The molecule has 0 fully saturated rings. The SMILES string of the molecule is COC(=O)c1cc(CN=C=O)c(C)cc1C. The van der Waals surface area contributed by atoms with E-state index in [0.29, 0.717) is 5.56 Å². The molecule has 4 heteroatoms. The number of methoxy groups -OCH3 is 1. The Labute approximate surface area is 94.0 Å². The van der Waals surface area contributed by atoms with Crippen molar-refractivity contribution in [3.05, 3.63) is 34.4 Å². The Morgan fingerprint density at radius 3 is 2.62 bits per heavy atom. The molecule has 0 saturated heterocycles. The molecule has 0 atom stereocenters. The Balaban J connectivity index is 3.20. The van der Waals surface area contributed by atoms with Crippen LogP contribution in [0.1, 0.15) is 27.0 Å². The highest BCUT2D eigenvalue weighted by molar-refractivity contribution is 5.91. The van der Waals surface area contributed by atoms with Gasteiger partial charge in [0.1, 0.15) is 0 Å². The molecule has 16 heavy (non-hydrogen) atoms. The largest absolute Gasteiger partial charge is 0.465 e. The van der Waals surface area contributed by atoms with Crippen molar-refractivity contribution in [3.8, 4) is 0 Å². The summed E-state index contributed by atoms with van der Waals surface area (Å²) in [4.78, 5) is 25.0. The molecule has 0 unspecified atom stereocenters. The molecule has 0 saturated carbocycles. The number of hydrogen-bond donors (Lipinski definition) is 0. The van der Waals surface area contributed by atoms with E-state index in [-0.39, 0.29) is 12.5 Å². The van der Waals surface area contributed by atoms with Gasteiger partial charge in [0.05, 0.1) is 19.2 Å². The molecule has 0 spiro atoms. The van der Waals surface area contributed by atoms with Gasteiger partial charge in [-0.3, -0.25) is 0 Å². The second-order valence-electron chi connectivity index (χ2n) is 3.49. The quantitative estimate of drug-likeness (QED) is 0.443. The standard InChI is InChI=1S/C12H13NO3/c1-8-4-9(2)11(12(15)16-3)5-10(8)6-13-7-14/h4-5H,6H2,1-3H3. The highest BCUT2D eigenvalue weighted by atomic mass is 16.5. The van der Waals surface area contributed by atoms with Crippen LogP contribution in [0.4, 0.5) is 0 Å². The van der Waals surface area contributed by atoms with Gasteiger partial charge >= 0.3 is 5.97 Å². The second kappa shape index (κ2) is 5.24. The molecule has 1 rings (SSSR count). The van der Waals surface area contributed by atoms with Crippen LogP contribution < -0.4 is 0 Å². The van der Waals surface area contributed by atoms with E-state index < -0.39 is 0 Å². The number of carbonyl (C=O) groups excluding carboxylic acids is 2. The summed E-state index contributed by atoms with van der Waals surface area (Å²) >= 11 is 0. The summed E-state index contributed by atoms with van der Waals surface area (Å²) in [5, 5.41) is 0. The minimum absolute atomic E-state index is 0.236. The van der Waals surface area contributed by atoms with Crippen LogP contribution in [-0.2, 0) is 16.1 Å². The number of ether oxygens (including phenoxy) is 1. The molecule has 0 aromatic heterocycles. The van der Waals surface area contributed by atoms with Gasteiger partial charge in [-0.15, -0.1) is 0 Å². The van der Waals surface area contributed by atoms with Gasteiger partial charge in [0.15, 0.2) is 0 Å². The van der Waals surface area contributed by atoms with Crippen LogP contribution in [0.5, 0.6) is 0 Å². The van der Waals surface area contributed by atoms with Crippen LogP contribution in [0.2, 0.25) is 0 Å². The Morgan fingerprint density at radius 1 is 1.38 bits per heavy atom. The summed E-state index contributed by atoms with van der Waals surface area (Å²) in [6, 6.07) is 3.58. The van der Waals surface area contributed by atoms with Crippen molar-refractivity contribution in [1.82, 2.24) is 0 Å². The highest BCUT2D eigenvalue weighted by Crippen LogP contribution is 2.17. The molecule has 0 N–H and O–H groups in total. The van der Waals surface area contributed by atoms with Crippen LogP contribution in [-0.4, -0.2) is 19.2 Å². The molecule has 0 radical (unpaired) electrons. The lowest BCUT2D eigenvalue weighted by atomic mass is 10.00. The smallest absolute Gasteiger partial charge is 0.338 e. The van der Waals surface area contributed by atoms with E-state index in [9.17, 15) is 9.59 Å². The van der Waals surface area contributed by atoms with Gasteiger partial charge in [0, 0.05) is 0 Å². The molecule has 4 nitrogen and oxygen atoms in total. The summed E-state index contributed by atoms with van der Waals surface area (Å²) < 4.78 is 4.67. The Kier molecular flexibility index (Phi) is 3.97. The molecular weight excluding hydrogens is 206 g/mol. The maximum atomic E-state index is 11.4. The van der Waals surface area contributed by atoms with Gasteiger partial charge in [-0.1, -0.05) is 6.07 Å². The summed E-state index contributed by atoms with van der Waals surface area (Å²) in [5.74, 6) is -0.381. The number of rotatable bonds is 3. The Morgan fingerprint density at radius 2 is 2.06 bits per heavy atom. The molecule has 1 aromatic rings. The third kappa shape index (κ3) is 2.55. The van der Waals surface area contributed by atoms with Crippen molar-refractivity contribution in [2.75, 3.05) is 7.11 Å². The number of hydrogen-bond acceptors (Lipinski definition) is 4. The van der Waals surface area contributed by atoms with Gasteiger partial charge in [-0.2, -0.15) is 0 Å². The first-order chi connectivity index (χ1) is 7.60. The minimum atomic E-state index is -0.381. The number of aryl methyl sites for hydroxylation is 2. The van der Waals surface area contributed by atoms with Crippen LogP contribution in [0.15, 0.2) is 17.1 Å². The monoisotopic (exact) mass is 219 g/mol. The Bertz CT molecular complexity index is 460. The van der Waals surface area contributed by atoms with Crippen LogP contribution in [0.3, 0.4) is 0 Å². The fourth-order valence-corrected chi connectivity index (χ4v) is 1.51. The van der Waals surface area contributed by atoms with Gasteiger partial charge in [0.25, 0.3) is 0 Å². The molecule has 0 amide bonds. The molecule has 0 bridgehead atoms. The van der Waals surface area contributed by atoms with Gasteiger partial charge in [-0.05, 0) is 36.6 Å². The first-order valence-corrected chi connectivity index (χ1v) is 4.82. The molecule has 1 aromatic carbocycles. The molecule has 0 heterocycles. The summed E-state index contributed by atoms with van der Waals surface area (Å²) in [6.07, 6.45) is 1.48. The predicted octanol–water partition coefficient (Wildman–Crippen LogP) is 1.93. The van der Waals surface area contributed by atoms with E-state index in [1.807, 2.05) is 19.9 Å². The van der Waals surface area contributed by atoms with E-state index in [0.717, 1.165) is 16.7 Å². The van der Waals surface area contributed by atoms with Crippen LogP contribution in [0, 0.1) is 13.8 Å².